The van der Waals surface area contributed by atoms with Gasteiger partial charge in [0.25, 0.3) is 0 Å². The molecule has 3 nitrogen and oxygen atoms in total. The molecule has 0 aliphatic carbocycles. The van der Waals surface area contributed by atoms with E-state index in [1.54, 1.807) is 0 Å². The molecule has 0 saturated carbocycles. The third-order valence-corrected chi connectivity index (χ3v) is 4.53. The fourth-order valence-electron chi connectivity index (χ4n) is 3.71. The number of likely N-dealkylation sites (tertiary alicyclic amines) is 1. The lowest BCUT2D eigenvalue weighted by molar-refractivity contribution is -0.0812. The van der Waals surface area contributed by atoms with E-state index < -0.39 is 0 Å². The summed E-state index contributed by atoms with van der Waals surface area (Å²) in [6.45, 7) is 7.56. The van der Waals surface area contributed by atoms with Crippen LogP contribution < -0.4 is 5.73 Å². The van der Waals surface area contributed by atoms with Gasteiger partial charge in [-0.1, -0.05) is 26.7 Å². The van der Waals surface area contributed by atoms with E-state index in [-0.39, 0.29) is 5.54 Å². The lowest BCUT2D eigenvalue weighted by atomic mass is 9.86. The summed E-state index contributed by atoms with van der Waals surface area (Å²) in [5.74, 6) is 0. The van der Waals surface area contributed by atoms with Crippen molar-refractivity contribution in [1.29, 1.82) is 0 Å². The average Bonchev–Trinajstić information content (AvgIpc) is 2.67. The highest BCUT2D eigenvalue weighted by atomic mass is 16.5. The van der Waals surface area contributed by atoms with Crippen LogP contribution in [0.4, 0.5) is 0 Å². The first-order valence-electron chi connectivity index (χ1n) is 7.34. The smallest absolute Gasteiger partial charge is 0.0707 e. The third kappa shape index (κ3) is 2.67. The monoisotopic (exact) mass is 240 g/mol. The minimum Gasteiger partial charge on any atom is -0.372 e. The second-order valence-corrected chi connectivity index (χ2v) is 5.79. The van der Waals surface area contributed by atoms with Crippen LogP contribution >= 0.6 is 0 Å². The van der Waals surface area contributed by atoms with Crippen molar-refractivity contribution in [2.75, 3.05) is 19.6 Å². The van der Waals surface area contributed by atoms with Gasteiger partial charge < -0.3 is 10.5 Å². The number of nitrogens with two attached hydrogens (primary N) is 1. The Morgan fingerprint density at radius 1 is 1.12 bits per heavy atom. The summed E-state index contributed by atoms with van der Waals surface area (Å²) in [6, 6.07) is 0. The summed E-state index contributed by atoms with van der Waals surface area (Å²) < 4.78 is 5.94. The van der Waals surface area contributed by atoms with Crippen LogP contribution in [0.25, 0.3) is 0 Å². The minimum atomic E-state index is 0.244. The number of hydrogen-bond donors (Lipinski definition) is 1. The third-order valence-electron chi connectivity index (χ3n) is 4.53. The summed E-state index contributed by atoms with van der Waals surface area (Å²) in [7, 11) is 0. The Labute approximate surface area is 106 Å². The van der Waals surface area contributed by atoms with Crippen molar-refractivity contribution in [3.63, 3.8) is 0 Å². The van der Waals surface area contributed by atoms with Crippen LogP contribution in [0.15, 0.2) is 0 Å². The van der Waals surface area contributed by atoms with Gasteiger partial charge in [-0.25, -0.2) is 0 Å². The molecule has 2 saturated heterocycles. The first kappa shape index (κ1) is 13.3. The summed E-state index contributed by atoms with van der Waals surface area (Å²) in [5.41, 5.74) is 6.38. The van der Waals surface area contributed by atoms with Crippen molar-refractivity contribution < 1.29 is 4.74 Å². The molecule has 2 unspecified atom stereocenters. The van der Waals surface area contributed by atoms with Gasteiger partial charge in [0.15, 0.2) is 0 Å². The molecule has 2 atom stereocenters. The fourth-order valence-corrected chi connectivity index (χ4v) is 3.71. The number of rotatable bonds is 6. The number of morpholine rings is 1. The SMILES string of the molecule is CCCC(CN)(CCC)N1CC2CCC(C1)O2. The molecule has 2 N–H and O–H groups in total. The lowest BCUT2D eigenvalue weighted by Gasteiger charge is -2.47. The van der Waals surface area contributed by atoms with E-state index in [1.807, 2.05) is 0 Å². The van der Waals surface area contributed by atoms with Crippen LogP contribution in [0.5, 0.6) is 0 Å². The van der Waals surface area contributed by atoms with Crippen LogP contribution in [0.3, 0.4) is 0 Å². The second kappa shape index (κ2) is 5.68. The molecule has 0 aromatic heterocycles. The van der Waals surface area contributed by atoms with Crippen LogP contribution in [0.2, 0.25) is 0 Å². The zero-order chi connectivity index (χ0) is 12.3. The first-order chi connectivity index (χ1) is 8.24. The molecule has 2 bridgehead atoms. The van der Waals surface area contributed by atoms with E-state index >= 15 is 0 Å². The van der Waals surface area contributed by atoms with Crippen molar-refractivity contribution in [3.8, 4) is 0 Å². The molecule has 0 aromatic carbocycles. The van der Waals surface area contributed by atoms with E-state index in [4.69, 9.17) is 10.5 Å². The molecular weight excluding hydrogens is 212 g/mol. The quantitative estimate of drug-likeness (QED) is 0.773. The maximum absolute atomic E-state index is 6.14. The summed E-state index contributed by atoms with van der Waals surface area (Å²) >= 11 is 0. The van der Waals surface area contributed by atoms with Gasteiger partial charge in [0.05, 0.1) is 12.2 Å². The maximum Gasteiger partial charge on any atom is 0.0707 e. The largest absolute Gasteiger partial charge is 0.372 e. The molecule has 100 valence electrons. The zero-order valence-electron chi connectivity index (χ0n) is 11.5. The van der Waals surface area contributed by atoms with E-state index in [2.05, 4.69) is 18.7 Å². The fraction of sp³-hybridized carbons (Fsp3) is 1.00. The van der Waals surface area contributed by atoms with Gasteiger partial charge in [-0.15, -0.1) is 0 Å². The lowest BCUT2D eigenvalue weighted by Crippen LogP contribution is -2.59. The predicted octanol–water partition coefficient (Wildman–Crippen LogP) is 2.15. The molecule has 17 heavy (non-hydrogen) atoms. The molecule has 2 rings (SSSR count). The van der Waals surface area contributed by atoms with Crippen LogP contribution in [-0.2, 0) is 4.74 Å². The molecule has 3 heteroatoms. The van der Waals surface area contributed by atoms with E-state index in [9.17, 15) is 0 Å². The molecule has 2 heterocycles. The summed E-state index contributed by atoms with van der Waals surface area (Å²) in [6.07, 6.45) is 8.38. The summed E-state index contributed by atoms with van der Waals surface area (Å²) in [4.78, 5) is 2.66. The van der Waals surface area contributed by atoms with Crippen molar-refractivity contribution >= 4 is 0 Å². The first-order valence-corrected chi connectivity index (χ1v) is 7.34. The van der Waals surface area contributed by atoms with E-state index in [1.165, 1.54) is 38.5 Å². The van der Waals surface area contributed by atoms with E-state index in [0.29, 0.717) is 12.2 Å². The number of nitrogens with zero attached hydrogens (tertiary/aromatic N) is 1. The van der Waals surface area contributed by atoms with Crippen molar-refractivity contribution in [1.82, 2.24) is 4.90 Å². The molecule has 0 radical (unpaired) electrons. The highest BCUT2D eigenvalue weighted by Crippen LogP contribution is 2.34. The van der Waals surface area contributed by atoms with Crippen molar-refractivity contribution in [2.45, 2.75) is 70.1 Å². The molecule has 0 spiro atoms. The van der Waals surface area contributed by atoms with E-state index in [0.717, 1.165) is 19.6 Å². The second-order valence-electron chi connectivity index (χ2n) is 5.79. The number of ether oxygens (including phenoxy) is 1. The molecule has 2 aliphatic heterocycles. The number of hydrogen-bond acceptors (Lipinski definition) is 3. The highest BCUT2D eigenvalue weighted by molar-refractivity contribution is 4.97. The Hall–Kier alpha value is -0.120. The van der Waals surface area contributed by atoms with Crippen molar-refractivity contribution in [2.24, 2.45) is 5.73 Å². The van der Waals surface area contributed by atoms with Crippen LogP contribution in [-0.4, -0.2) is 42.3 Å². The van der Waals surface area contributed by atoms with Crippen molar-refractivity contribution in [3.05, 3.63) is 0 Å². The minimum absolute atomic E-state index is 0.244. The standard InChI is InChI=1S/C14H28N2O/c1-3-7-14(11-15,8-4-2)16-9-12-5-6-13(10-16)17-12/h12-13H,3-11,15H2,1-2H3. The van der Waals surface area contributed by atoms with Crippen LogP contribution in [0, 0.1) is 0 Å². The maximum atomic E-state index is 6.14. The Balaban J connectivity index is 2.08. The van der Waals surface area contributed by atoms with Gasteiger partial charge in [0.1, 0.15) is 0 Å². The van der Waals surface area contributed by atoms with Gasteiger partial charge >= 0.3 is 0 Å². The normalized spacial score (nSPS) is 29.8. The topological polar surface area (TPSA) is 38.5 Å². The molecule has 0 amide bonds. The number of fused-ring (bicyclic) bond motifs is 2. The Morgan fingerprint density at radius 2 is 1.65 bits per heavy atom. The molecule has 2 aliphatic rings. The zero-order valence-corrected chi connectivity index (χ0v) is 11.5. The average molecular weight is 240 g/mol. The summed E-state index contributed by atoms with van der Waals surface area (Å²) in [5, 5.41) is 0. The van der Waals surface area contributed by atoms with Gasteiger partial charge in [0, 0.05) is 25.2 Å². The Morgan fingerprint density at radius 3 is 2.06 bits per heavy atom. The molecule has 2 fully saturated rings. The Bertz CT molecular complexity index is 226. The molecule has 0 aromatic rings. The van der Waals surface area contributed by atoms with Gasteiger partial charge in [-0.3, -0.25) is 4.90 Å². The van der Waals surface area contributed by atoms with Gasteiger partial charge in [-0.05, 0) is 25.7 Å². The van der Waals surface area contributed by atoms with Gasteiger partial charge in [0.2, 0.25) is 0 Å². The highest BCUT2D eigenvalue weighted by Gasteiger charge is 2.42. The predicted molar refractivity (Wildman–Crippen MR) is 71.1 cm³/mol. The molecular formula is C14H28N2O. The van der Waals surface area contributed by atoms with Crippen LogP contribution in [0.1, 0.15) is 52.4 Å². The van der Waals surface area contributed by atoms with Gasteiger partial charge in [-0.2, -0.15) is 0 Å². The Kier molecular flexibility index (Phi) is 4.45.